The summed E-state index contributed by atoms with van der Waals surface area (Å²) in [6.07, 6.45) is 8.80. The number of rotatable bonds is 7. The van der Waals surface area contributed by atoms with Gasteiger partial charge < -0.3 is 10.5 Å². The summed E-state index contributed by atoms with van der Waals surface area (Å²) in [6, 6.07) is 0. The van der Waals surface area contributed by atoms with Crippen molar-refractivity contribution in [3.63, 3.8) is 0 Å². The molecule has 3 heteroatoms. The van der Waals surface area contributed by atoms with Crippen molar-refractivity contribution in [2.24, 2.45) is 5.73 Å². The zero-order chi connectivity index (χ0) is 10.9. The first-order valence-corrected chi connectivity index (χ1v) is 5.91. The van der Waals surface area contributed by atoms with Crippen molar-refractivity contribution in [1.29, 1.82) is 0 Å². The number of carbonyl (C=O) groups is 1. The van der Waals surface area contributed by atoms with E-state index in [-0.39, 0.29) is 5.78 Å². The Kier molecular flexibility index (Phi) is 6.09. The first kappa shape index (κ1) is 12.2. The highest BCUT2D eigenvalue weighted by atomic mass is 16.5. The standard InChI is InChI=1S/C12H21NO2/c13-9-5-2-1-3-7-11(14)12-8-4-6-10-15-12/h8H,1-7,9-10,13H2. The molecule has 0 aliphatic carbocycles. The van der Waals surface area contributed by atoms with E-state index in [4.69, 9.17) is 10.5 Å². The van der Waals surface area contributed by atoms with E-state index in [0.717, 1.165) is 45.1 Å². The summed E-state index contributed by atoms with van der Waals surface area (Å²) in [4.78, 5) is 11.6. The third-order valence-electron chi connectivity index (χ3n) is 2.57. The second-order valence-corrected chi connectivity index (χ2v) is 3.94. The summed E-state index contributed by atoms with van der Waals surface area (Å²) in [6.45, 7) is 1.45. The normalized spacial score (nSPS) is 15.7. The summed E-state index contributed by atoms with van der Waals surface area (Å²) in [7, 11) is 0. The fraction of sp³-hybridized carbons (Fsp3) is 0.750. The molecule has 0 aromatic rings. The van der Waals surface area contributed by atoms with Crippen molar-refractivity contribution in [2.75, 3.05) is 13.2 Å². The van der Waals surface area contributed by atoms with Crippen molar-refractivity contribution in [2.45, 2.75) is 44.9 Å². The van der Waals surface area contributed by atoms with Gasteiger partial charge in [-0.3, -0.25) is 4.79 Å². The SMILES string of the molecule is NCCCCCCC(=O)C1=CCCCO1. The van der Waals surface area contributed by atoms with Gasteiger partial charge in [0.05, 0.1) is 6.61 Å². The second kappa shape index (κ2) is 7.46. The molecule has 0 spiro atoms. The Morgan fingerprint density at radius 1 is 1.33 bits per heavy atom. The fourth-order valence-electron chi connectivity index (χ4n) is 1.66. The van der Waals surface area contributed by atoms with Crippen LogP contribution in [0.1, 0.15) is 44.9 Å². The lowest BCUT2D eigenvalue weighted by Gasteiger charge is -2.13. The Morgan fingerprint density at radius 3 is 2.80 bits per heavy atom. The third-order valence-corrected chi connectivity index (χ3v) is 2.57. The summed E-state index contributed by atoms with van der Waals surface area (Å²) < 4.78 is 5.31. The van der Waals surface area contributed by atoms with Gasteiger partial charge in [-0.1, -0.05) is 12.8 Å². The molecule has 0 aromatic heterocycles. The van der Waals surface area contributed by atoms with Crippen LogP contribution in [0.15, 0.2) is 11.8 Å². The van der Waals surface area contributed by atoms with Gasteiger partial charge in [-0.05, 0) is 38.3 Å². The molecule has 0 saturated heterocycles. The second-order valence-electron chi connectivity index (χ2n) is 3.94. The van der Waals surface area contributed by atoms with Crippen molar-refractivity contribution in [1.82, 2.24) is 0 Å². The van der Waals surface area contributed by atoms with E-state index in [9.17, 15) is 4.79 Å². The molecular weight excluding hydrogens is 190 g/mol. The lowest BCUT2D eigenvalue weighted by Crippen LogP contribution is -2.10. The van der Waals surface area contributed by atoms with E-state index in [0.29, 0.717) is 18.8 Å². The molecular formula is C12H21NO2. The van der Waals surface area contributed by atoms with E-state index in [1.807, 2.05) is 6.08 Å². The van der Waals surface area contributed by atoms with E-state index in [1.54, 1.807) is 0 Å². The largest absolute Gasteiger partial charge is 0.490 e. The van der Waals surface area contributed by atoms with Gasteiger partial charge in [-0.25, -0.2) is 0 Å². The summed E-state index contributed by atoms with van der Waals surface area (Å²) in [5.74, 6) is 0.766. The molecule has 15 heavy (non-hydrogen) atoms. The average molecular weight is 211 g/mol. The highest BCUT2D eigenvalue weighted by molar-refractivity contribution is 5.93. The predicted octanol–water partition coefficient (Wildman–Crippen LogP) is 2.16. The first-order chi connectivity index (χ1) is 7.34. The van der Waals surface area contributed by atoms with Crippen LogP contribution in [-0.4, -0.2) is 18.9 Å². The molecule has 0 amide bonds. The summed E-state index contributed by atoms with van der Waals surface area (Å²) in [5.41, 5.74) is 5.39. The van der Waals surface area contributed by atoms with Gasteiger partial charge >= 0.3 is 0 Å². The molecule has 3 nitrogen and oxygen atoms in total. The van der Waals surface area contributed by atoms with Crippen LogP contribution >= 0.6 is 0 Å². The molecule has 0 aromatic carbocycles. The molecule has 1 rings (SSSR count). The molecule has 0 atom stereocenters. The molecule has 0 unspecified atom stereocenters. The van der Waals surface area contributed by atoms with E-state index in [1.165, 1.54) is 0 Å². The topological polar surface area (TPSA) is 52.3 Å². The smallest absolute Gasteiger partial charge is 0.197 e. The monoisotopic (exact) mass is 211 g/mol. The minimum Gasteiger partial charge on any atom is -0.490 e. The predicted molar refractivity (Wildman–Crippen MR) is 60.4 cm³/mol. The van der Waals surface area contributed by atoms with Gasteiger partial charge in [-0.2, -0.15) is 0 Å². The van der Waals surface area contributed by atoms with Crippen LogP contribution in [0.3, 0.4) is 0 Å². The molecule has 0 fully saturated rings. The summed E-state index contributed by atoms with van der Waals surface area (Å²) in [5, 5.41) is 0. The number of ketones is 1. The average Bonchev–Trinajstić information content (AvgIpc) is 2.30. The molecule has 0 radical (unpaired) electrons. The Balaban J connectivity index is 2.10. The molecule has 1 heterocycles. The van der Waals surface area contributed by atoms with Crippen molar-refractivity contribution in [3.8, 4) is 0 Å². The minimum atomic E-state index is 0.169. The first-order valence-electron chi connectivity index (χ1n) is 5.91. The molecule has 1 aliphatic heterocycles. The third kappa shape index (κ3) is 4.98. The highest BCUT2D eigenvalue weighted by Gasteiger charge is 2.12. The zero-order valence-electron chi connectivity index (χ0n) is 9.34. The van der Waals surface area contributed by atoms with Crippen molar-refractivity contribution < 1.29 is 9.53 Å². The van der Waals surface area contributed by atoms with Crippen LogP contribution in [0.4, 0.5) is 0 Å². The number of Topliss-reactive ketones (excluding diaryl/α,β-unsaturated/α-hetero) is 1. The van der Waals surface area contributed by atoms with Crippen molar-refractivity contribution >= 4 is 5.78 Å². The lowest BCUT2D eigenvalue weighted by atomic mass is 10.1. The van der Waals surface area contributed by atoms with Crippen LogP contribution < -0.4 is 5.73 Å². The maximum atomic E-state index is 11.6. The number of carbonyl (C=O) groups excluding carboxylic acids is 1. The number of unbranched alkanes of at least 4 members (excludes halogenated alkanes) is 3. The van der Waals surface area contributed by atoms with Crippen LogP contribution in [0.2, 0.25) is 0 Å². The van der Waals surface area contributed by atoms with Crippen LogP contribution in [-0.2, 0) is 9.53 Å². The Bertz CT molecular complexity index is 224. The van der Waals surface area contributed by atoms with E-state index < -0.39 is 0 Å². The van der Waals surface area contributed by atoms with Crippen LogP contribution in [0.25, 0.3) is 0 Å². The number of allylic oxidation sites excluding steroid dienone is 2. The number of hydrogen-bond donors (Lipinski definition) is 1. The van der Waals surface area contributed by atoms with Gasteiger partial charge in [0.2, 0.25) is 0 Å². The van der Waals surface area contributed by atoms with Gasteiger partial charge in [0.1, 0.15) is 0 Å². The fourth-order valence-corrected chi connectivity index (χ4v) is 1.66. The number of hydrogen-bond acceptors (Lipinski definition) is 3. The number of nitrogens with two attached hydrogens (primary N) is 1. The highest BCUT2D eigenvalue weighted by Crippen LogP contribution is 2.14. The van der Waals surface area contributed by atoms with Gasteiger partial charge in [0, 0.05) is 6.42 Å². The Hall–Kier alpha value is -0.830. The van der Waals surface area contributed by atoms with Crippen LogP contribution in [0, 0.1) is 0 Å². The molecule has 86 valence electrons. The van der Waals surface area contributed by atoms with Gasteiger partial charge in [-0.15, -0.1) is 0 Å². The van der Waals surface area contributed by atoms with E-state index in [2.05, 4.69) is 0 Å². The molecule has 0 bridgehead atoms. The van der Waals surface area contributed by atoms with Gasteiger partial charge in [0.25, 0.3) is 0 Å². The Labute approximate surface area is 91.7 Å². The molecule has 2 N–H and O–H groups in total. The van der Waals surface area contributed by atoms with Crippen molar-refractivity contribution in [3.05, 3.63) is 11.8 Å². The maximum Gasteiger partial charge on any atom is 0.197 e. The Morgan fingerprint density at radius 2 is 2.13 bits per heavy atom. The molecule has 0 saturated carbocycles. The van der Waals surface area contributed by atoms with E-state index >= 15 is 0 Å². The van der Waals surface area contributed by atoms with Gasteiger partial charge in [0.15, 0.2) is 11.5 Å². The minimum absolute atomic E-state index is 0.169. The number of ether oxygens (including phenoxy) is 1. The molecule has 1 aliphatic rings. The zero-order valence-corrected chi connectivity index (χ0v) is 9.34. The summed E-state index contributed by atoms with van der Waals surface area (Å²) >= 11 is 0. The maximum absolute atomic E-state index is 11.6. The quantitative estimate of drug-likeness (QED) is 0.656. The van der Waals surface area contributed by atoms with Crippen LogP contribution in [0.5, 0.6) is 0 Å². The lowest BCUT2D eigenvalue weighted by molar-refractivity contribution is -0.119.